The van der Waals surface area contributed by atoms with Crippen molar-refractivity contribution in [2.75, 3.05) is 7.11 Å². The monoisotopic (exact) mass is 289 g/mol. The van der Waals surface area contributed by atoms with Gasteiger partial charge in [0, 0.05) is 0 Å². The Morgan fingerprint density at radius 3 is 2.30 bits per heavy atom. The van der Waals surface area contributed by atoms with Gasteiger partial charge < -0.3 is 4.74 Å². The van der Waals surface area contributed by atoms with Crippen molar-refractivity contribution in [3.63, 3.8) is 0 Å². The minimum absolute atomic E-state index is 0.399. The van der Waals surface area contributed by atoms with Crippen molar-refractivity contribution in [1.29, 1.82) is 0 Å². The Labute approximate surface area is 118 Å². The summed E-state index contributed by atoms with van der Waals surface area (Å²) in [4.78, 5) is 11.9. The van der Waals surface area contributed by atoms with Crippen LogP contribution in [0.15, 0.2) is 53.4 Å². The number of nitrogens with two attached hydrogens (primary N) is 1. The maximum absolute atomic E-state index is 12.0. The molecule has 0 radical (unpaired) electrons. The van der Waals surface area contributed by atoms with E-state index < -0.39 is 15.7 Å². The molecule has 0 amide bonds. The third kappa shape index (κ3) is 2.89. The van der Waals surface area contributed by atoms with Crippen LogP contribution in [0.2, 0.25) is 0 Å². The predicted octanol–water partition coefficient (Wildman–Crippen LogP) is 2.09. The number of hydrogen-bond acceptors (Lipinski definition) is 3. The molecular weight excluding hydrogens is 274 g/mol. The summed E-state index contributed by atoms with van der Waals surface area (Å²) in [5, 5.41) is 5.64. The fraction of sp³-hybridized carbons (Fsp3) is 0.0667. The number of methoxy groups -OCH3 is 1. The number of carbonyl (C=O) groups excluding carboxylic acids is 1. The first-order valence-corrected chi connectivity index (χ1v) is 7.65. The summed E-state index contributed by atoms with van der Waals surface area (Å²) in [7, 11) is -1.47. The largest absolute Gasteiger partial charge is 0.465 e. The van der Waals surface area contributed by atoms with Gasteiger partial charge in [-0.2, -0.15) is 0 Å². The molecule has 0 spiro atoms. The Morgan fingerprint density at radius 1 is 1.15 bits per heavy atom. The molecule has 0 fully saturated rings. The first-order chi connectivity index (χ1) is 9.43. The van der Waals surface area contributed by atoms with E-state index in [1.165, 1.54) is 7.11 Å². The second kappa shape index (κ2) is 5.48. The highest BCUT2D eigenvalue weighted by Gasteiger charge is 2.11. The van der Waals surface area contributed by atoms with Gasteiger partial charge in [0.25, 0.3) is 0 Å². The van der Waals surface area contributed by atoms with E-state index in [9.17, 15) is 9.00 Å². The van der Waals surface area contributed by atoms with Gasteiger partial charge in [0.05, 0.1) is 27.3 Å². The molecule has 2 rings (SSSR count). The lowest BCUT2D eigenvalue weighted by atomic mass is 10.0. The maximum Gasteiger partial charge on any atom is 0.337 e. The summed E-state index contributed by atoms with van der Waals surface area (Å²) < 4.78 is 16.6. The zero-order valence-electron chi connectivity index (χ0n) is 11.0. The molecule has 0 bridgehead atoms. The molecule has 1 unspecified atom stereocenters. The molecule has 104 valence electrons. The molecule has 2 N–H and O–H groups in total. The lowest BCUT2D eigenvalue weighted by molar-refractivity contribution is 0.0601. The smallest absolute Gasteiger partial charge is 0.337 e. The molecule has 0 saturated carbocycles. The molecule has 4 nitrogen and oxygen atoms in total. The minimum Gasteiger partial charge on any atom is -0.465 e. The van der Waals surface area contributed by atoms with Crippen molar-refractivity contribution in [2.24, 2.45) is 5.14 Å². The van der Waals surface area contributed by atoms with Crippen LogP contribution < -0.4 is 5.14 Å². The number of esters is 1. The van der Waals surface area contributed by atoms with Crippen LogP contribution in [-0.4, -0.2) is 23.2 Å². The fourth-order valence-corrected chi connectivity index (χ4v) is 2.78. The molecular formula is C15H15NO3S. The number of ether oxygens (including phenoxy) is 1. The molecule has 0 aliphatic carbocycles. The van der Waals surface area contributed by atoms with Crippen LogP contribution in [0, 0.1) is 0 Å². The number of rotatable bonds is 3. The van der Waals surface area contributed by atoms with E-state index in [-0.39, 0.29) is 0 Å². The van der Waals surface area contributed by atoms with E-state index in [2.05, 4.69) is 10.6 Å². The first kappa shape index (κ1) is 14.3. The van der Waals surface area contributed by atoms with Crippen molar-refractivity contribution in [3.8, 4) is 11.1 Å². The minimum atomic E-state index is -2.80. The number of benzene rings is 2. The summed E-state index contributed by atoms with van der Waals surface area (Å²) >= 11 is 0. The molecule has 0 heterocycles. The van der Waals surface area contributed by atoms with Gasteiger partial charge in [-0.15, -0.1) is 0 Å². The van der Waals surface area contributed by atoms with Gasteiger partial charge in [-0.05, 0) is 35.2 Å². The van der Waals surface area contributed by atoms with Crippen LogP contribution in [0.25, 0.3) is 11.1 Å². The Bertz CT molecular complexity index is 734. The zero-order valence-corrected chi connectivity index (χ0v) is 11.9. The highest BCUT2D eigenvalue weighted by molar-refractivity contribution is 7.98. The summed E-state index contributed by atoms with van der Waals surface area (Å²) in [6.07, 6.45) is 0. The van der Waals surface area contributed by atoms with Crippen molar-refractivity contribution in [2.45, 2.75) is 4.90 Å². The second-order valence-corrected chi connectivity index (χ2v) is 6.18. The standard InChI is InChI=1S/C15H15NO3S/c1-19-15(17)12-9-7-11(8-10-12)13-5-3-4-6-14(13)20(2,16)18/h3-10H,2H2,1H3,(H2,16,18). The highest BCUT2D eigenvalue weighted by Crippen LogP contribution is 2.26. The molecule has 20 heavy (non-hydrogen) atoms. The molecule has 0 saturated heterocycles. The molecule has 0 aromatic heterocycles. The Hall–Kier alpha value is -2.11. The topological polar surface area (TPSA) is 69.4 Å². The molecule has 0 aliphatic rings. The first-order valence-electron chi connectivity index (χ1n) is 5.86. The van der Waals surface area contributed by atoms with Crippen LogP contribution in [-0.2, 0) is 14.4 Å². The zero-order chi connectivity index (χ0) is 14.8. The second-order valence-electron chi connectivity index (χ2n) is 4.29. The normalized spacial score (nSPS) is 13.5. The van der Waals surface area contributed by atoms with E-state index in [4.69, 9.17) is 5.14 Å². The van der Waals surface area contributed by atoms with Gasteiger partial charge in [0.15, 0.2) is 0 Å². The average Bonchev–Trinajstić information content (AvgIpc) is 2.46. The van der Waals surface area contributed by atoms with Crippen LogP contribution in [0.4, 0.5) is 0 Å². The predicted molar refractivity (Wildman–Crippen MR) is 80.9 cm³/mol. The molecule has 2 aromatic rings. The van der Waals surface area contributed by atoms with E-state index in [1.807, 2.05) is 12.1 Å². The van der Waals surface area contributed by atoms with Crippen LogP contribution in [0.1, 0.15) is 10.4 Å². The Balaban J connectivity index is 2.51. The quantitative estimate of drug-likeness (QED) is 0.695. The van der Waals surface area contributed by atoms with Crippen LogP contribution in [0.3, 0.4) is 0 Å². The fourth-order valence-electron chi connectivity index (χ4n) is 1.91. The van der Waals surface area contributed by atoms with Crippen molar-refractivity contribution < 1.29 is 13.7 Å². The van der Waals surface area contributed by atoms with Crippen molar-refractivity contribution in [3.05, 3.63) is 54.1 Å². The van der Waals surface area contributed by atoms with Gasteiger partial charge >= 0.3 is 5.97 Å². The summed E-state index contributed by atoms with van der Waals surface area (Å²) in [6.45, 7) is 0. The Morgan fingerprint density at radius 2 is 1.75 bits per heavy atom. The summed E-state index contributed by atoms with van der Waals surface area (Å²) in [6, 6.07) is 13.9. The third-order valence-corrected chi connectivity index (χ3v) is 3.98. The van der Waals surface area contributed by atoms with Gasteiger partial charge in [-0.3, -0.25) is 5.14 Å². The summed E-state index contributed by atoms with van der Waals surface area (Å²) in [5.41, 5.74) is 2.01. The molecule has 1 atom stereocenters. The maximum atomic E-state index is 12.0. The van der Waals surface area contributed by atoms with E-state index in [1.54, 1.807) is 36.4 Å². The lowest BCUT2D eigenvalue weighted by Crippen LogP contribution is -2.13. The van der Waals surface area contributed by atoms with Gasteiger partial charge in [-0.1, -0.05) is 30.3 Å². The third-order valence-electron chi connectivity index (χ3n) is 2.88. The van der Waals surface area contributed by atoms with Gasteiger partial charge in [0.2, 0.25) is 0 Å². The molecule has 2 aromatic carbocycles. The van der Waals surface area contributed by atoms with Crippen LogP contribution >= 0.6 is 0 Å². The average molecular weight is 289 g/mol. The molecule has 0 aliphatic heterocycles. The number of hydrogen-bond donors (Lipinski definition) is 1. The Kier molecular flexibility index (Phi) is 3.92. The number of carbonyl (C=O) groups is 1. The van der Waals surface area contributed by atoms with Gasteiger partial charge in [0.1, 0.15) is 0 Å². The lowest BCUT2D eigenvalue weighted by Gasteiger charge is -2.11. The van der Waals surface area contributed by atoms with Crippen LogP contribution in [0.5, 0.6) is 0 Å². The SMILES string of the molecule is C=S(N)(=O)c1ccccc1-c1ccc(C(=O)OC)cc1. The van der Waals surface area contributed by atoms with Crippen molar-refractivity contribution in [1.82, 2.24) is 0 Å². The van der Waals surface area contributed by atoms with Crippen molar-refractivity contribution >= 4 is 21.5 Å². The highest BCUT2D eigenvalue weighted by atomic mass is 32.2. The van der Waals surface area contributed by atoms with E-state index >= 15 is 0 Å². The van der Waals surface area contributed by atoms with Gasteiger partial charge in [-0.25, -0.2) is 9.00 Å². The molecule has 5 heteroatoms. The van der Waals surface area contributed by atoms with E-state index in [0.29, 0.717) is 10.5 Å². The van der Waals surface area contributed by atoms with E-state index in [0.717, 1.165) is 11.1 Å². The summed E-state index contributed by atoms with van der Waals surface area (Å²) in [5.74, 6) is 3.12.